The largest absolute Gasteiger partial charge is 0.490 e. The summed E-state index contributed by atoms with van der Waals surface area (Å²) in [5, 5.41) is 0. The molecule has 6 nitrogen and oxygen atoms in total. The molecule has 1 saturated heterocycles. The summed E-state index contributed by atoms with van der Waals surface area (Å²) in [5.74, 6) is 1.21. The molecular weight excluding hydrogens is 380 g/mol. The third-order valence-electron chi connectivity index (χ3n) is 5.82. The monoisotopic (exact) mass is 408 g/mol. The lowest BCUT2D eigenvalue weighted by Crippen LogP contribution is -2.55. The quantitative estimate of drug-likeness (QED) is 0.706. The SMILES string of the molecule is CCOc1cc2c(cc1OCC)[C@@H]1CC(=O)N(c3ccc(CC)cc3)C(=O)N1CC2. The molecule has 2 aromatic carbocycles. The molecule has 0 aliphatic carbocycles. The first kappa shape index (κ1) is 20.3. The Balaban J connectivity index is 1.67. The molecular formula is C24H28N2O4. The number of carbonyl (C=O) groups excluding carboxylic acids is 2. The van der Waals surface area contributed by atoms with Crippen LogP contribution < -0.4 is 14.4 Å². The number of benzene rings is 2. The molecule has 6 heteroatoms. The average Bonchev–Trinajstić information content (AvgIpc) is 2.75. The van der Waals surface area contributed by atoms with Gasteiger partial charge in [-0.1, -0.05) is 19.1 Å². The number of ether oxygens (including phenoxy) is 2. The van der Waals surface area contributed by atoms with Gasteiger partial charge in [-0.05, 0) is 67.6 Å². The fourth-order valence-electron chi connectivity index (χ4n) is 4.32. The van der Waals surface area contributed by atoms with E-state index in [1.807, 2.05) is 55.1 Å². The van der Waals surface area contributed by atoms with Crippen molar-refractivity contribution in [2.45, 2.75) is 46.1 Å². The number of nitrogens with zero attached hydrogens (tertiary/aromatic N) is 2. The van der Waals surface area contributed by atoms with E-state index in [0.717, 1.165) is 29.7 Å². The molecule has 158 valence electrons. The standard InChI is InChI=1S/C24H28N2O4/c1-4-16-7-9-18(10-8-16)26-23(27)15-20-19-14-22(30-6-3)21(29-5-2)13-17(19)11-12-25(20)24(26)28/h7-10,13-14,20H,4-6,11-12,15H2,1-3H3/t20-/m0/s1. The lowest BCUT2D eigenvalue weighted by Gasteiger charge is -2.43. The van der Waals surface area contributed by atoms with Gasteiger partial charge in [-0.15, -0.1) is 0 Å². The van der Waals surface area contributed by atoms with Crippen molar-refractivity contribution in [3.05, 3.63) is 53.1 Å². The van der Waals surface area contributed by atoms with Gasteiger partial charge < -0.3 is 14.4 Å². The molecule has 0 unspecified atom stereocenters. The molecule has 0 radical (unpaired) electrons. The number of amides is 3. The van der Waals surface area contributed by atoms with Crippen LogP contribution in [-0.2, 0) is 17.6 Å². The van der Waals surface area contributed by atoms with Gasteiger partial charge >= 0.3 is 6.03 Å². The summed E-state index contributed by atoms with van der Waals surface area (Å²) >= 11 is 0. The number of fused-ring (bicyclic) bond motifs is 3. The third-order valence-corrected chi connectivity index (χ3v) is 5.82. The fourth-order valence-corrected chi connectivity index (χ4v) is 4.32. The van der Waals surface area contributed by atoms with Crippen molar-refractivity contribution in [3.63, 3.8) is 0 Å². The van der Waals surface area contributed by atoms with Gasteiger partial charge in [0, 0.05) is 6.54 Å². The van der Waals surface area contributed by atoms with Gasteiger partial charge in [0.2, 0.25) is 5.91 Å². The molecule has 4 rings (SSSR count). The molecule has 2 aromatic rings. The summed E-state index contributed by atoms with van der Waals surface area (Å²) < 4.78 is 11.5. The Morgan fingerprint density at radius 1 is 0.967 bits per heavy atom. The van der Waals surface area contributed by atoms with Crippen LogP contribution in [0.3, 0.4) is 0 Å². The topological polar surface area (TPSA) is 59.1 Å². The molecule has 30 heavy (non-hydrogen) atoms. The molecule has 2 aliphatic rings. The van der Waals surface area contributed by atoms with Gasteiger partial charge in [-0.3, -0.25) is 4.79 Å². The summed E-state index contributed by atoms with van der Waals surface area (Å²) in [7, 11) is 0. The molecule has 0 bridgehead atoms. The van der Waals surface area contributed by atoms with Gasteiger partial charge in [-0.2, -0.15) is 0 Å². The molecule has 2 heterocycles. The van der Waals surface area contributed by atoms with Crippen molar-refractivity contribution in [1.29, 1.82) is 0 Å². The molecule has 0 N–H and O–H groups in total. The second kappa shape index (κ2) is 8.38. The molecule has 0 saturated carbocycles. The lowest BCUT2D eigenvalue weighted by molar-refractivity contribution is -0.120. The first-order chi connectivity index (χ1) is 14.6. The molecule has 1 fully saturated rings. The van der Waals surface area contributed by atoms with Crippen LogP contribution in [-0.4, -0.2) is 36.6 Å². The summed E-state index contributed by atoms with van der Waals surface area (Å²) in [6.07, 6.45) is 1.90. The third kappa shape index (κ3) is 3.51. The number of rotatable bonds is 6. The zero-order valence-electron chi connectivity index (χ0n) is 17.8. The number of aryl methyl sites for hydroxylation is 1. The van der Waals surface area contributed by atoms with E-state index in [4.69, 9.17) is 9.47 Å². The first-order valence-electron chi connectivity index (χ1n) is 10.7. The second-order valence-electron chi connectivity index (χ2n) is 7.56. The van der Waals surface area contributed by atoms with Crippen LogP contribution in [0.15, 0.2) is 36.4 Å². The molecule has 1 atom stereocenters. The summed E-state index contributed by atoms with van der Waals surface area (Å²) in [4.78, 5) is 29.4. The van der Waals surface area contributed by atoms with E-state index >= 15 is 0 Å². The van der Waals surface area contributed by atoms with E-state index < -0.39 is 0 Å². The Labute approximate surface area is 177 Å². The van der Waals surface area contributed by atoms with Crippen molar-refractivity contribution in [2.24, 2.45) is 0 Å². The van der Waals surface area contributed by atoms with Crippen LogP contribution in [0.5, 0.6) is 11.5 Å². The van der Waals surface area contributed by atoms with E-state index in [1.165, 1.54) is 10.5 Å². The number of hydrogen-bond donors (Lipinski definition) is 0. The summed E-state index contributed by atoms with van der Waals surface area (Å²) in [6.45, 7) is 7.60. The number of urea groups is 1. The number of carbonyl (C=O) groups is 2. The van der Waals surface area contributed by atoms with Crippen molar-refractivity contribution in [3.8, 4) is 11.5 Å². The normalized spacial score (nSPS) is 18.2. The zero-order chi connectivity index (χ0) is 21.3. The van der Waals surface area contributed by atoms with Gasteiger partial charge in [0.25, 0.3) is 0 Å². The number of hydrogen-bond acceptors (Lipinski definition) is 4. The number of anilines is 1. The van der Waals surface area contributed by atoms with Crippen molar-refractivity contribution < 1.29 is 19.1 Å². The highest BCUT2D eigenvalue weighted by Gasteiger charge is 2.43. The Hall–Kier alpha value is -3.02. The zero-order valence-corrected chi connectivity index (χ0v) is 17.8. The van der Waals surface area contributed by atoms with E-state index in [2.05, 4.69) is 6.92 Å². The van der Waals surface area contributed by atoms with Crippen LogP contribution in [0.1, 0.15) is 49.9 Å². The van der Waals surface area contributed by atoms with E-state index in [1.54, 1.807) is 0 Å². The average molecular weight is 408 g/mol. The maximum absolute atomic E-state index is 13.3. The van der Waals surface area contributed by atoms with Crippen LogP contribution in [0.25, 0.3) is 0 Å². The molecule has 2 aliphatic heterocycles. The van der Waals surface area contributed by atoms with Crippen LogP contribution in [0, 0.1) is 0 Å². The summed E-state index contributed by atoms with van der Waals surface area (Å²) in [6, 6.07) is 11.1. The van der Waals surface area contributed by atoms with Gasteiger partial charge in [0.1, 0.15) is 0 Å². The minimum Gasteiger partial charge on any atom is -0.490 e. The van der Waals surface area contributed by atoms with E-state index in [0.29, 0.717) is 31.2 Å². The minimum absolute atomic E-state index is 0.176. The highest BCUT2D eigenvalue weighted by molar-refractivity contribution is 6.16. The molecule has 0 aromatic heterocycles. The maximum atomic E-state index is 13.3. The minimum atomic E-state index is -0.269. The van der Waals surface area contributed by atoms with Gasteiger partial charge in [-0.25, -0.2) is 9.69 Å². The van der Waals surface area contributed by atoms with Crippen molar-refractivity contribution >= 4 is 17.6 Å². The lowest BCUT2D eigenvalue weighted by atomic mass is 9.88. The summed E-state index contributed by atoms with van der Waals surface area (Å²) in [5.41, 5.74) is 3.91. The van der Waals surface area contributed by atoms with Crippen LogP contribution in [0.2, 0.25) is 0 Å². The van der Waals surface area contributed by atoms with E-state index in [9.17, 15) is 9.59 Å². The first-order valence-corrected chi connectivity index (χ1v) is 10.7. The predicted molar refractivity (Wildman–Crippen MR) is 115 cm³/mol. The Kier molecular flexibility index (Phi) is 5.66. The van der Waals surface area contributed by atoms with Crippen LogP contribution >= 0.6 is 0 Å². The number of imide groups is 1. The van der Waals surface area contributed by atoms with Crippen molar-refractivity contribution in [2.75, 3.05) is 24.7 Å². The highest BCUT2D eigenvalue weighted by Crippen LogP contribution is 2.42. The van der Waals surface area contributed by atoms with Gasteiger partial charge in [0.05, 0.1) is 31.4 Å². The van der Waals surface area contributed by atoms with Crippen molar-refractivity contribution in [1.82, 2.24) is 4.90 Å². The highest BCUT2D eigenvalue weighted by atomic mass is 16.5. The van der Waals surface area contributed by atoms with Crippen LogP contribution in [0.4, 0.5) is 10.5 Å². The van der Waals surface area contributed by atoms with Gasteiger partial charge in [0.15, 0.2) is 11.5 Å². The Bertz CT molecular complexity index is 954. The fraction of sp³-hybridized carbons (Fsp3) is 0.417. The maximum Gasteiger partial charge on any atom is 0.331 e. The smallest absolute Gasteiger partial charge is 0.331 e. The predicted octanol–water partition coefficient (Wildman–Crippen LogP) is 4.50. The second-order valence-corrected chi connectivity index (χ2v) is 7.56. The Morgan fingerprint density at radius 2 is 1.63 bits per heavy atom. The molecule has 3 amide bonds. The molecule has 0 spiro atoms. The van der Waals surface area contributed by atoms with E-state index in [-0.39, 0.29) is 24.4 Å². The Morgan fingerprint density at radius 3 is 2.27 bits per heavy atom.